The molecule has 1 rings (SSSR count). The van der Waals surface area contributed by atoms with Crippen molar-refractivity contribution in [2.75, 3.05) is 0 Å². The second-order valence-electron chi connectivity index (χ2n) is 6.49. The lowest BCUT2D eigenvalue weighted by Crippen LogP contribution is -2.19. The van der Waals surface area contributed by atoms with Gasteiger partial charge in [0.2, 0.25) is 0 Å². The monoisotopic (exact) mass is 198 g/mol. The molecule has 1 aliphatic carbocycles. The average molecular weight is 198 g/mol. The molecular weight excluding hydrogens is 172 g/mol. The summed E-state index contributed by atoms with van der Waals surface area (Å²) in [5, 5.41) is 10.2. The van der Waals surface area contributed by atoms with Gasteiger partial charge in [-0.3, -0.25) is 0 Å². The Kier molecular flexibility index (Phi) is 3.30. The van der Waals surface area contributed by atoms with Crippen molar-refractivity contribution < 1.29 is 5.11 Å². The largest absolute Gasteiger partial charge is 0.390 e. The van der Waals surface area contributed by atoms with Gasteiger partial charge in [-0.05, 0) is 36.5 Å². The van der Waals surface area contributed by atoms with Gasteiger partial charge in [-0.15, -0.1) is 0 Å². The highest BCUT2D eigenvalue weighted by atomic mass is 16.3. The fourth-order valence-electron chi connectivity index (χ4n) is 2.86. The molecule has 0 aromatic heterocycles. The van der Waals surface area contributed by atoms with Crippen LogP contribution in [0.2, 0.25) is 0 Å². The molecule has 0 amide bonds. The van der Waals surface area contributed by atoms with E-state index in [1.54, 1.807) is 0 Å². The van der Waals surface area contributed by atoms with E-state index < -0.39 is 0 Å². The summed E-state index contributed by atoms with van der Waals surface area (Å²) in [5.74, 6) is 1.24. The summed E-state index contributed by atoms with van der Waals surface area (Å²) in [6, 6.07) is 0. The van der Waals surface area contributed by atoms with E-state index in [9.17, 15) is 5.11 Å². The summed E-state index contributed by atoms with van der Waals surface area (Å²) >= 11 is 0. The lowest BCUT2D eigenvalue weighted by atomic mass is 9.82. The van der Waals surface area contributed by atoms with Crippen LogP contribution in [0.3, 0.4) is 0 Å². The van der Waals surface area contributed by atoms with Crippen LogP contribution >= 0.6 is 0 Å². The lowest BCUT2D eigenvalue weighted by molar-refractivity contribution is 0.0931. The molecule has 3 atom stereocenters. The topological polar surface area (TPSA) is 20.2 Å². The molecule has 0 aromatic rings. The fraction of sp³-hybridized carbons (Fsp3) is 1.00. The number of hydrogen-bond acceptors (Lipinski definition) is 1. The molecule has 0 aliphatic heterocycles. The van der Waals surface area contributed by atoms with Crippen molar-refractivity contribution in [3.63, 3.8) is 0 Å². The molecule has 0 heterocycles. The first-order chi connectivity index (χ1) is 6.27. The maximum Gasteiger partial charge on any atom is 0.0683 e. The van der Waals surface area contributed by atoms with Gasteiger partial charge >= 0.3 is 0 Å². The SMILES string of the molecule is CCC1CC1(O)CC(C)CC(C)(C)C. The Labute approximate surface area is 88.9 Å². The zero-order chi connectivity index (χ0) is 11.0. The minimum Gasteiger partial charge on any atom is -0.390 e. The van der Waals surface area contributed by atoms with Crippen LogP contribution < -0.4 is 0 Å². The Morgan fingerprint density at radius 1 is 1.43 bits per heavy atom. The van der Waals surface area contributed by atoms with E-state index in [1.165, 1.54) is 6.42 Å². The zero-order valence-corrected chi connectivity index (χ0v) is 10.4. The molecular formula is C13H26O. The van der Waals surface area contributed by atoms with Crippen molar-refractivity contribution in [1.82, 2.24) is 0 Å². The first-order valence-corrected chi connectivity index (χ1v) is 5.99. The smallest absolute Gasteiger partial charge is 0.0683 e. The Hall–Kier alpha value is -0.0400. The third kappa shape index (κ3) is 3.27. The predicted octanol–water partition coefficient (Wildman–Crippen LogP) is 3.61. The first kappa shape index (κ1) is 12.0. The molecule has 1 nitrogen and oxygen atoms in total. The minimum atomic E-state index is -0.292. The molecule has 0 aromatic carbocycles. The van der Waals surface area contributed by atoms with Crippen LogP contribution in [0.1, 0.15) is 60.3 Å². The van der Waals surface area contributed by atoms with Crippen molar-refractivity contribution in [1.29, 1.82) is 0 Å². The summed E-state index contributed by atoms with van der Waals surface area (Å²) in [5.41, 5.74) is 0.103. The number of rotatable bonds is 4. The molecule has 1 heteroatoms. The van der Waals surface area contributed by atoms with Crippen LogP contribution in [0.25, 0.3) is 0 Å². The third-order valence-electron chi connectivity index (χ3n) is 3.36. The van der Waals surface area contributed by atoms with Crippen LogP contribution in [-0.2, 0) is 0 Å². The van der Waals surface area contributed by atoms with E-state index in [2.05, 4.69) is 34.6 Å². The van der Waals surface area contributed by atoms with E-state index in [4.69, 9.17) is 0 Å². The molecule has 0 radical (unpaired) electrons. The maximum atomic E-state index is 10.2. The molecule has 14 heavy (non-hydrogen) atoms. The maximum absolute atomic E-state index is 10.2. The Balaban J connectivity index is 2.32. The highest BCUT2D eigenvalue weighted by Crippen LogP contribution is 2.50. The minimum absolute atomic E-state index is 0.292. The molecule has 1 saturated carbocycles. The number of hydrogen-bond donors (Lipinski definition) is 1. The highest BCUT2D eigenvalue weighted by Gasteiger charge is 2.51. The van der Waals surface area contributed by atoms with Crippen molar-refractivity contribution in [3.8, 4) is 0 Å². The zero-order valence-electron chi connectivity index (χ0n) is 10.4. The standard InChI is InChI=1S/C13H26O/c1-6-11-9-13(11,14)8-10(2)7-12(3,4)5/h10-11,14H,6-9H2,1-5H3. The van der Waals surface area contributed by atoms with Crippen molar-refractivity contribution >= 4 is 0 Å². The molecule has 0 saturated heterocycles. The Morgan fingerprint density at radius 3 is 2.36 bits per heavy atom. The van der Waals surface area contributed by atoms with Crippen molar-refractivity contribution in [2.24, 2.45) is 17.3 Å². The van der Waals surface area contributed by atoms with Crippen molar-refractivity contribution in [2.45, 2.75) is 65.9 Å². The van der Waals surface area contributed by atoms with E-state index in [1.807, 2.05) is 0 Å². The van der Waals surface area contributed by atoms with Crippen LogP contribution in [0.4, 0.5) is 0 Å². The second kappa shape index (κ2) is 3.84. The van der Waals surface area contributed by atoms with Gasteiger partial charge in [0.15, 0.2) is 0 Å². The molecule has 1 N–H and O–H groups in total. The highest BCUT2D eigenvalue weighted by molar-refractivity contribution is 5.03. The summed E-state index contributed by atoms with van der Waals surface area (Å²) in [7, 11) is 0. The summed E-state index contributed by atoms with van der Waals surface area (Å²) in [6.07, 6.45) is 4.39. The number of aliphatic hydroxyl groups is 1. The Morgan fingerprint density at radius 2 is 2.00 bits per heavy atom. The van der Waals surface area contributed by atoms with Gasteiger partial charge in [0.05, 0.1) is 5.60 Å². The van der Waals surface area contributed by atoms with Gasteiger partial charge in [-0.1, -0.05) is 41.0 Å². The Bertz CT molecular complexity index is 192. The lowest BCUT2D eigenvalue weighted by Gasteiger charge is -2.25. The van der Waals surface area contributed by atoms with Gasteiger partial charge in [0, 0.05) is 0 Å². The van der Waals surface area contributed by atoms with Gasteiger partial charge in [0.25, 0.3) is 0 Å². The van der Waals surface area contributed by atoms with E-state index in [0.717, 1.165) is 19.3 Å². The van der Waals surface area contributed by atoms with E-state index in [0.29, 0.717) is 17.3 Å². The van der Waals surface area contributed by atoms with Gasteiger partial charge in [-0.2, -0.15) is 0 Å². The molecule has 1 fully saturated rings. The van der Waals surface area contributed by atoms with Crippen LogP contribution in [-0.4, -0.2) is 10.7 Å². The fourth-order valence-corrected chi connectivity index (χ4v) is 2.86. The molecule has 0 bridgehead atoms. The summed E-state index contributed by atoms with van der Waals surface area (Å²) < 4.78 is 0. The third-order valence-corrected chi connectivity index (χ3v) is 3.36. The summed E-state index contributed by atoms with van der Waals surface area (Å²) in [4.78, 5) is 0. The molecule has 84 valence electrons. The van der Waals surface area contributed by atoms with Crippen molar-refractivity contribution in [3.05, 3.63) is 0 Å². The van der Waals surface area contributed by atoms with Gasteiger partial charge in [0.1, 0.15) is 0 Å². The van der Waals surface area contributed by atoms with Crippen LogP contribution in [0.15, 0.2) is 0 Å². The average Bonchev–Trinajstić information content (AvgIpc) is 2.56. The molecule has 1 aliphatic rings. The second-order valence-corrected chi connectivity index (χ2v) is 6.49. The first-order valence-electron chi connectivity index (χ1n) is 5.99. The molecule has 3 unspecified atom stereocenters. The van der Waals surface area contributed by atoms with Gasteiger partial charge < -0.3 is 5.11 Å². The normalized spacial score (nSPS) is 34.3. The van der Waals surface area contributed by atoms with E-state index in [-0.39, 0.29) is 5.60 Å². The molecule has 0 spiro atoms. The van der Waals surface area contributed by atoms with E-state index >= 15 is 0 Å². The van der Waals surface area contributed by atoms with Crippen LogP contribution in [0.5, 0.6) is 0 Å². The summed E-state index contributed by atoms with van der Waals surface area (Å²) in [6.45, 7) is 11.3. The quantitative estimate of drug-likeness (QED) is 0.731. The van der Waals surface area contributed by atoms with Crippen LogP contribution in [0, 0.1) is 17.3 Å². The van der Waals surface area contributed by atoms with Gasteiger partial charge in [-0.25, -0.2) is 0 Å². The predicted molar refractivity (Wildman–Crippen MR) is 61.2 cm³/mol.